The lowest BCUT2D eigenvalue weighted by Gasteiger charge is -2.10. The standard InChI is InChI=1S/C13H8Cl4O/c14-7-8-4-5-11(10(16)6-8)18-12-3-1-2-9(15)13(12)17/h1-6H,7H2. The minimum Gasteiger partial charge on any atom is -0.454 e. The second-order valence-electron chi connectivity index (χ2n) is 3.55. The van der Waals surface area contributed by atoms with Crippen molar-refractivity contribution in [3.63, 3.8) is 0 Å². The van der Waals surface area contributed by atoms with Gasteiger partial charge in [-0.1, -0.05) is 46.9 Å². The van der Waals surface area contributed by atoms with Crippen molar-refractivity contribution >= 4 is 46.4 Å². The van der Waals surface area contributed by atoms with Gasteiger partial charge in [-0.05, 0) is 29.8 Å². The van der Waals surface area contributed by atoms with Gasteiger partial charge < -0.3 is 4.74 Å². The first kappa shape index (κ1) is 13.8. The summed E-state index contributed by atoms with van der Waals surface area (Å²) in [6.07, 6.45) is 0. The van der Waals surface area contributed by atoms with Crippen LogP contribution in [0.3, 0.4) is 0 Å². The monoisotopic (exact) mass is 320 g/mol. The van der Waals surface area contributed by atoms with Crippen LogP contribution in [0.25, 0.3) is 0 Å². The topological polar surface area (TPSA) is 9.23 Å². The van der Waals surface area contributed by atoms with Crippen molar-refractivity contribution in [3.05, 3.63) is 57.0 Å². The summed E-state index contributed by atoms with van der Waals surface area (Å²) in [7, 11) is 0. The zero-order chi connectivity index (χ0) is 13.1. The van der Waals surface area contributed by atoms with Crippen LogP contribution in [0.1, 0.15) is 5.56 Å². The lowest BCUT2D eigenvalue weighted by atomic mass is 10.2. The summed E-state index contributed by atoms with van der Waals surface area (Å²) >= 11 is 23.7. The van der Waals surface area contributed by atoms with Crippen LogP contribution < -0.4 is 4.74 Å². The van der Waals surface area contributed by atoms with Gasteiger partial charge in [-0.2, -0.15) is 0 Å². The van der Waals surface area contributed by atoms with Crippen LogP contribution in [0.2, 0.25) is 15.1 Å². The molecule has 0 aromatic heterocycles. The van der Waals surface area contributed by atoms with Gasteiger partial charge >= 0.3 is 0 Å². The smallest absolute Gasteiger partial charge is 0.147 e. The molecule has 0 amide bonds. The highest BCUT2D eigenvalue weighted by molar-refractivity contribution is 6.43. The molecule has 0 atom stereocenters. The van der Waals surface area contributed by atoms with E-state index in [1.165, 1.54) is 0 Å². The molecule has 0 bridgehead atoms. The van der Waals surface area contributed by atoms with Crippen LogP contribution in [0.5, 0.6) is 11.5 Å². The SMILES string of the molecule is ClCc1ccc(Oc2cccc(Cl)c2Cl)c(Cl)c1. The van der Waals surface area contributed by atoms with Gasteiger partial charge in [0.25, 0.3) is 0 Å². The van der Waals surface area contributed by atoms with E-state index in [0.717, 1.165) is 5.56 Å². The van der Waals surface area contributed by atoms with Crippen molar-refractivity contribution < 1.29 is 4.74 Å². The fourth-order valence-corrected chi connectivity index (χ4v) is 2.13. The highest BCUT2D eigenvalue weighted by Crippen LogP contribution is 2.37. The van der Waals surface area contributed by atoms with E-state index in [4.69, 9.17) is 51.1 Å². The summed E-state index contributed by atoms with van der Waals surface area (Å²) in [5.41, 5.74) is 0.922. The number of benzene rings is 2. The van der Waals surface area contributed by atoms with Gasteiger partial charge in [-0.25, -0.2) is 0 Å². The molecule has 0 aliphatic heterocycles. The Hall–Kier alpha value is -0.600. The number of halogens is 4. The third kappa shape index (κ3) is 3.04. The van der Waals surface area contributed by atoms with E-state index in [1.807, 2.05) is 6.07 Å². The molecule has 0 saturated carbocycles. The second-order valence-corrected chi connectivity index (χ2v) is 5.01. The lowest BCUT2D eigenvalue weighted by Crippen LogP contribution is -1.88. The first-order chi connectivity index (χ1) is 8.61. The van der Waals surface area contributed by atoms with E-state index in [9.17, 15) is 0 Å². The molecule has 18 heavy (non-hydrogen) atoms. The molecule has 1 nitrogen and oxygen atoms in total. The number of rotatable bonds is 3. The molecule has 0 N–H and O–H groups in total. The van der Waals surface area contributed by atoms with Crippen molar-refractivity contribution in [1.29, 1.82) is 0 Å². The summed E-state index contributed by atoms with van der Waals surface area (Å²) in [6, 6.07) is 10.5. The Morgan fingerprint density at radius 3 is 2.33 bits per heavy atom. The van der Waals surface area contributed by atoms with Crippen LogP contribution in [0.4, 0.5) is 0 Å². The molecule has 0 aliphatic carbocycles. The molecule has 0 saturated heterocycles. The third-order valence-electron chi connectivity index (χ3n) is 2.29. The van der Waals surface area contributed by atoms with E-state index >= 15 is 0 Å². The summed E-state index contributed by atoms with van der Waals surface area (Å²) < 4.78 is 5.63. The molecule has 94 valence electrons. The Morgan fingerprint density at radius 2 is 1.67 bits per heavy atom. The molecule has 2 aromatic carbocycles. The number of hydrogen-bond acceptors (Lipinski definition) is 1. The zero-order valence-electron chi connectivity index (χ0n) is 9.09. The van der Waals surface area contributed by atoms with Crippen LogP contribution in [0.15, 0.2) is 36.4 Å². The quantitative estimate of drug-likeness (QED) is 0.613. The number of alkyl halides is 1. The van der Waals surface area contributed by atoms with Crippen LogP contribution in [-0.4, -0.2) is 0 Å². The molecule has 5 heteroatoms. The van der Waals surface area contributed by atoms with Crippen LogP contribution in [0, 0.1) is 0 Å². The molecule has 0 aliphatic rings. The van der Waals surface area contributed by atoms with Gasteiger partial charge in [0.2, 0.25) is 0 Å². The van der Waals surface area contributed by atoms with Crippen molar-refractivity contribution in [2.75, 3.05) is 0 Å². The maximum absolute atomic E-state index is 6.09. The van der Waals surface area contributed by atoms with Crippen molar-refractivity contribution in [2.24, 2.45) is 0 Å². The molecule has 0 heterocycles. The molecular formula is C13H8Cl4O. The van der Waals surface area contributed by atoms with E-state index in [-0.39, 0.29) is 0 Å². The number of hydrogen-bond donors (Lipinski definition) is 0. The highest BCUT2D eigenvalue weighted by Gasteiger charge is 2.09. The van der Waals surface area contributed by atoms with Crippen molar-refractivity contribution in [3.8, 4) is 11.5 Å². The maximum atomic E-state index is 6.09. The summed E-state index contributed by atoms with van der Waals surface area (Å²) in [4.78, 5) is 0. The third-order valence-corrected chi connectivity index (χ3v) is 3.69. The fourth-order valence-electron chi connectivity index (χ4n) is 1.39. The first-order valence-electron chi connectivity index (χ1n) is 5.08. The van der Waals surface area contributed by atoms with Crippen molar-refractivity contribution in [1.82, 2.24) is 0 Å². The lowest BCUT2D eigenvalue weighted by molar-refractivity contribution is 0.483. The Labute approximate surface area is 125 Å². The summed E-state index contributed by atoms with van der Waals surface area (Å²) in [6.45, 7) is 0. The first-order valence-corrected chi connectivity index (χ1v) is 6.75. The van der Waals surface area contributed by atoms with Crippen LogP contribution >= 0.6 is 46.4 Å². The molecule has 0 radical (unpaired) electrons. The van der Waals surface area contributed by atoms with Gasteiger partial charge in [0.15, 0.2) is 0 Å². The Bertz CT molecular complexity index is 569. The van der Waals surface area contributed by atoms with Gasteiger partial charge in [0, 0.05) is 5.88 Å². The molecule has 0 spiro atoms. The molecule has 2 rings (SSSR count). The second kappa shape index (κ2) is 6.03. The molecule has 0 unspecified atom stereocenters. The molecule has 0 fully saturated rings. The Kier molecular flexibility index (Phi) is 4.63. The van der Waals surface area contributed by atoms with E-state index in [1.54, 1.807) is 30.3 Å². The van der Waals surface area contributed by atoms with Gasteiger partial charge in [-0.15, -0.1) is 11.6 Å². The normalized spacial score (nSPS) is 10.4. The number of ether oxygens (including phenoxy) is 1. The van der Waals surface area contributed by atoms with Gasteiger partial charge in [0.1, 0.15) is 16.5 Å². The molecule has 2 aromatic rings. The van der Waals surface area contributed by atoms with E-state index in [0.29, 0.717) is 32.4 Å². The van der Waals surface area contributed by atoms with Gasteiger partial charge in [-0.3, -0.25) is 0 Å². The highest BCUT2D eigenvalue weighted by atomic mass is 35.5. The largest absolute Gasteiger partial charge is 0.454 e. The summed E-state index contributed by atoms with van der Waals surface area (Å²) in [5, 5.41) is 1.27. The fraction of sp³-hybridized carbons (Fsp3) is 0.0769. The predicted molar refractivity (Wildman–Crippen MR) is 77.5 cm³/mol. The van der Waals surface area contributed by atoms with E-state index < -0.39 is 0 Å². The van der Waals surface area contributed by atoms with Gasteiger partial charge in [0.05, 0.1) is 10.0 Å². The molecular weight excluding hydrogens is 314 g/mol. The minimum absolute atomic E-state index is 0.358. The van der Waals surface area contributed by atoms with Crippen LogP contribution in [-0.2, 0) is 5.88 Å². The average Bonchev–Trinajstić information content (AvgIpc) is 2.37. The Balaban J connectivity index is 2.31. The van der Waals surface area contributed by atoms with E-state index in [2.05, 4.69) is 0 Å². The van der Waals surface area contributed by atoms with Crippen molar-refractivity contribution in [2.45, 2.75) is 5.88 Å². The predicted octanol–water partition coefficient (Wildman–Crippen LogP) is 6.18. The Morgan fingerprint density at radius 1 is 0.889 bits per heavy atom. The minimum atomic E-state index is 0.358. The summed E-state index contributed by atoms with van der Waals surface area (Å²) in [5.74, 6) is 1.37. The zero-order valence-corrected chi connectivity index (χ0v) is 12.1. The maximum Gasteiger partial charge on any atom is 0.147 e. The average molecular weight is 322 g/mol.